The number of rotatable bonds is 2. The number of aliphatic hydroxyl groups is 1. The molecule has 0 amide bonds. The number of allylic oxidation sites excluding steroid dienone is 2. The third kappa shape index (κ3) is 2.89. The summed E-state index contributed by atoms with van der Waals surface area (Å²) in [5.41, 5.74) is 2.54. The van der Waals surface area contributed by atoms with Gasteiger partial charge in [-0.2, -0.15) is 0 Å². The van der Waals surface area contributed by atoms with Crippen molar-refractivity contribution in [3.63, 3.8) is 0 Å². The second kappa shape index (κ2) is 3.72. The molecule has 0 radical (unpaired) electrons. The number of aliphatic hydroxyl groups excluding tert-OH is 1. The maximum atomic E-state index is 9.29. The molecule has 0 aromatic heterocycles. The molecule has 0 saturated carbocycles. The first kappa shape index (κ1) is 8.54. The third-order valence-electron chi connectivity index (χ3n) is 1.95. The van der Waals surface area contributed by atoms with Crippen molar-refractivity contribution in [1.82, 2.24) is 0 Å². The van der Waals surface area contributed by atoms with Gasteiger partial charge in [0, 0.05) is 0 Å². The fourth-order valence-corrected chi connectivity index (χ4v) is 1.51. The minimum absolute atomic E-state index is 0.196. The first-order valence-electron chi connectivity index (χ1n) is 4.20. The Balaban J connectivity index is 2.49. The molecule has 0 bridgehead atoms. The molecule has 1 aliphatic rings. The molecule has 0 heterocycles. The van der Waals surface area contributed by atoms with Crippen LogP contribution in [0.5, 0.6) is 0 Å². The van der Waals surface area contributed by atoms with Crippen molar-refractivity contribution >= 4 is 0 Å². The van der Waals surface area contributed by atoms with Crippen molar-refractivity contribution in [2.75, 3.05) is 0 Å². The van der Waals surface area contributed by atoms with Gasteiger partial charge in [-0.05, 0) is 32.6 Å². The van der Waals surface area contributed by atoms with Gasteiger partial charge < -0.3 is 5.11 Å². The van der Waals surface area contributed by atoms with Gasteiger partial charge in [0.15, 0.2) is 0 Å². The van der Waals surface area contributed by atoms with E-state index < -0.39 is 0 Å². The maximum Gasteiger partial charge on any atom is 0.0723 e. The van der Waals surface area contributed by atoms with Crippen molar-refractivity contribution < 1.29 is 5.11 Å². The lowest BCUT2D eigenvalue weighted by Crippen LogP contribution is -2.08. The predicted molar refractivity (Wildman–Crippen MR) is 47.4 cm³/mol. The Bertz CT molecular complexity index is 179. The Labute approximate surface area is 68.4 Å². The minimum Gasteiger partial charge on any atom is -0.389 e. The molecule has 0 aromatic rings. The molecule has 0 spiro atoms. The van der Waals surface area contributed by atoms with Crippen molar-refractivity contribution in [2.45, 2.75) is 38.7 Å². The van der Waals surface area contributed by atoms with Gasteiger partial charge in [0.25, 0.3) is 0 Å². The first-order valence-corrected chi connectivity index (χ1v) is 4.20. The molecule has 1 rings (SSSR count). The van der Waals surface area contributed by atoms with Crippen LogP contribution < -0.4 is 0 Å². The first-order chi connectivity index (χ1) is 5.18. The Kier molecular flexibility index (Phi) is 2.89. The van der Waals surface area contributed by atoms with E-state index in [1.165, 1.54) is 11.1 Å². The summed E-state index contributed by atoms with van der Waals surface area (Å²) in [6.07, 6.45) is 5.96. The van der Waals surface area contributed by atoms with E-state index >= 15 is 0 Å². The Morgan fingerprint density at radius 2 is 2.55 bits per heavy atom. The van der Waals surface area contributed by atoms with Gasteiger partial charge in [0.1, 0.15) is 0 Å². The van der Waals surface area contributed by atoms with Crippen molar-refractivity contribution in [2.24, 2.45) is 0 Å². The van der Waals surface area contributed by atoms with Gasteiger partial charge in [-0.15, -0.1) is 0 Å². The van der Waals surface area contributed by atoms with Gasteiger partial charge in [-0.25, -0.2) is 0 Å². The maximum absolute atomic E-state index is 9.29. The predicted octanol–water partition coefficient (Wildman–Crippen LogP) is 2.42. The van der Waals surface area contributed by atoms with Crippen LogP contribution in [-0.4, -0.2) is 11.2 Å². The van der Waals surface area contributed by atoms with Crippen molar-refractivity contribution in [1.29, 1.82) is 0 Å². The summed E-state index contributed by atoms with van der Waals surface area (Å²) >= 11 is 0. The lowest BCUT2D eigenvalue weighted by molar-refractivity contribution is 0.202. The van der Waals surface area contributed by atoms with E-state index in [2.05, 4.69) is 6.58 Å². The van der Waals surface area contributed by atoms with E-state index in [0.29, 0.717) is 0 Å². The average Bonchev–Trinajstić information content (AvgIpc) is 1.85. The zero-order valence-corrected chi connectivity index (χ0v) is 7.14. The van der Waals surface area contributed by atoms with Crippen LogP contribution in [0.15, 0.2) is 23.8 Å². The van der Waals surface area contributed by atoms with Crippen LogP contribution >= 0.6 is 0 Å². The average molecular weight is 152 g/mol. The molecule has 1 unspecified atom stereocenters. The Morgan fingerprint density at radius 1 is 1.82 bits per heavy atom. The number of hydrogen-bond acceptors (Lipinski definition) is 1. The Hall–Kier alpha value is -0.560. The quantitative estimate of drug-likeness (QED) is 0.602. The SMILES string of the molecule is C=C(C)CC1=CC(O)CCC1. The monoisotopic (exact) mass is 152 g/mol. The highest BCUT2D eigenvalue weighted by molar-refractivity contribution is 5.15. The van der Waals surface area contributed by atoms with Gasteiger partial charge in [-0.1, -0.05) is 23.8 Å². The molecular weight excluding hydrogens is 136 g/mol. The van der Waals surface area contributed by atoms with Crippen LogP contribution in [0.3, 0.4) is 0 Å². The molecule has 1 N–H and O–H groups in total. The van der Waals surface area contributed by atoms with Crippen LogP contribution in [0.1, 0.15) is 32.6 Å². The van der Waals surface area contributed by atoms with Crippen LogP contribution in [0, 0.1) is 0 Å². The summed E-state index contributed by atoms with van der Waals surface area (Å²) < 4.78 is 0. The van der Waals surface area contributed by atoms with E-state index in [0.717, 1.165) is 25.7 Å². The molecule has 1 atom stereocenters. The molecule has 0 aromatic carbocycles. The number of hydrogen-bond donors (Lipinski definition) is 1. The van der Waals surface area contributed by atoms with Gasteiger partial charge >= 0.3 is 0 Å². The van der Waals surface area contributed by atoms with Gasteiger partial charge in [0.2, 0.25) is 0 Å². The van der Waals surface area contributed by atoms with E-state index in [4.69, 9.17) is 0 Å². The second-order valence-electron chi connectivity index (χ2n) is 3.42. The lowest BCUT2D eigenvalue weighted by Gasteiger charge is -2.16. The Morgan fingerprint density at radius 3 is 3.09 bits per heavy atom. The highest BCUT2D eigenvalue weighted by atomic mass is 16.3. The van der Waals surface area contributed by atoms with Crippen LogP contribution in [0.2, 0.25) is 0 Å². The summed E-state index contributed by atoms with van der Waals surface area (Å²) in [7, 11) is 0. The molecule has 1 heteroatoms. The van der Waals surface area contributed by atoms with Crippen LogP contribution in [0.25, 0.3) is 0 Å². The molecule has 11 heavy (non-hydrogen) atoms. The molecular formula is C10H16O. The highest BCUT2D eigenvalue weighted by Crippen LogP contribution is 2.22. The van der Waals surface area contributed by atoms with E-state index in [1.807, 2.05) is 13.0 Å². The summed E-state index contributed by atoms with van der Waals surface area (Å²) in [6.45, 7) is 5.88. The molecule has 0 fully saturated rings. The summed E-state index contributed by atoms with van der Waals surface area (Å²) in [5.74, 6) is 0. The van der Waals surface area contributed by atoms with Crippen molar-refractivity contribution in [3.05, 3.63) is 23.8 Å². The minimum atomic E-state index is -0.196. The van der Waals surface area contributed by atoms with Crippen molar-refractivity contribution in [3.8, 4) is 0 Å². The highest BCUT2D eigenvalue weighted by Gasteiger charge is 2.09. The zero-order valence-electron chi connectivity index (χ0n) is 7.14. The van der Waals surface area contributed by atoms with E-state index in [9.17, 15) is 5.11 Å². The van der Waals surface area contributed by atoms with E-state index in [1.54, 1.807) is 0 Å². The van der Waals surface area contributed by atoms with Gasteiger partial charge in [0.05, 0.1) is 6.10 Å². The van der Waals surface area contributed by atoms with Gasteiger partial charge in [-0.3, -0.25) is 0 Å². The van der Waals surface area contributed by atoms with Crippen LogP contribution in [-0.2, 0) is 0 Å². The summed E-state index contributed by atoms with van der Waals surface area (Å²) in [4.78, 5) is 0. The second-order valence-corrected chi connectivity index (χ2v) is 3.42. The molecule has 0 aliphatic heterocycles. The largest absolute Gasteiger partial charge is 0.389 e. The zero-order chi connectivity index (χ0) is 8.27. The topological polar surface area (TPSA) is 20.2 Å². The fourth-order valence-electron chi connectivity index (χ4n) is 1.51. The third-order valence-corrected chi connectivity index (χ3v) is 1.95. The van der Waals surface area contributed by atoms with E-state index in [-0.39, 0.29) is 6.10 Å². The molecule has 62 valence electrons. The summed E-state index contributed by atoms with van der Waals surface area (Å²) in [6, 6.07) is 0. The fraction of sp³-hybridized carbons (Fsp3) is 0.600. The normalized spacial score (nSPS) is 24.5. The summed E-state index contributed by atoms with van der Waals surface area (Å²) in [5, 5.41) is 9.29. The molecule has 1 nitrogen and oxygen atoms in total. The molecule has 0 saturated heterocycles. The van der Waals surface area contributed by atoms with Crippen LogP contribution in [0.4, 0.5) is 0 Å². The standard InChI is InChI=1S/C10H16O/c1-8(2)6-9-4-3-5-10(11)7-9/h7,10-11H,1,3-6H2,2H3. The molecule has 1 aliphatic carbocycles. The lowest BCUT2D eigenvalue weighted by atomic mass is 9.93. The smallest absolute Gasteiger partial charge is 0.0723 e.